The minimum Gasteiger partial charge on any atom is -0.496 e. The molecular weight excluding hydrogens is 156 g/mol. The monoisotopic (exact) mass is 165 g/mol. The number of ether oxygens (including phenoxy) is 1. The van der Waals surface area contributed by atoms with Crippen LogP contribution >= 0.6 is 0 Å². The van der Waals surface area contributed by atoms with Gasteiger partial charge in [-0.25, -0.2) is 0 Å². The Morgan fingerprint density at radius 3 is 2.83 bits per heavy atom. The number of diazo groups is 1. The SMILES string of the molecule is COc1ccc(CO)c([N+]#N)c1. The lowest BCUT2D eigenvalue weighted by atomic mass is 10.2. The van der Waals surface area contributed by atoms with Crippen LogP contribution in [-0.4, -0.2) is 12.2 Å². The predicted octanol–water partition coefficient (Wildman–Crippen LogP) is 1.67. The molecule has 0 amide bonds. The lowest BCUT2D eigenvalue weighted by Crippen LogP contribution is -1.86. The van der Waals surface area contributed by atoms with Crippen molar-refractivity contribution in [2.24, 2.45) is 0 Å². The van der Waals surface area contributed by atoms with Crippen LogP contribution in [-0.2, 0) is 6.61 Å². The molecule has 0 aromatic heterocycles. The van der Waals surface area contributed by atoms with Gasteiger partial charge in [-0.2, -0.15) is 0 Å². The summed E-state index contributed by atoms with van der Waals surface area (Å²) in [5, 5.41) is 17.3. The van der Waals surface area contributed by atoms with E-state index in [9.17, 15) is 0 Å². The largest absolute Gasteiger partial charge is 0.496 e. The second-order valence-electron chi connectivity index (χ2n) is 2.25. The fourth-order valence-electron chi connectivity index (χ4n) is 0.897. The minimum atomic E-state index is -0.149. The van der Waals surface area contributed by atoms with E-state index in [4.69, 9.17) is 15.2 Å². The summed E-state index contributed by atoms with van der Waals surface area (Å²) < 4.78 is 4.90. The lowest BCUT2D eigenvalue weighted by Gasteiger charge is -1.97. The van der Waals surface area contributed by atoms with Gasteiger partial charge in [0.1, 0.15) is 5.75 Å². The molecule has 0 atom stereocenters. The first-order valence-corrected chi connectivity index (χ1v) is 3.44. The molecule has 0 spiro atoms. The summed E-state index contributed by atoms with van der Waals surface area (Å²) in [7, 11) is 1.52. The van der Waals surface area contributed by atoms with Crippen LogP contribution in [0.3, 0.4) is 0 Å². The summed E-state index contributed by atoms with van der Waals surface area (Å²) in [6.07, 6.45) is 0. The average Bonchev–Trinajstić information content (AvgIpc) is 2.16. The molecule has 4 nitrogen and oxygen atoms in total. The van der Waals surface area contributed by atoms with Crippen LogP contribution < -0.4 is 4.74 Å². The zero-order valence-electron chi connectivity index (χ0n) is 6.69. The molecule has 0 radical (unpaired) electrons. The lowest BCUT2D eigenvalue weighted by molar-refractivity contribution is 0.282. The molecule has 0 saturated carbocycles. The van der Waals surface area contributed by atoms with Gasteiger partial charge in [-0.15, -0.1) is 0 Å². The maximum Gasteiger partial charge on any atom is 0.394 e. The third-order valence-electron chi connectivity index (χ3n) is 1.57. The van der Waals surface area contributed by atoms with Crippen molar-refractivity contribution < 1.29 is 9.84 Å². The molecule has 1 N–H and O–H groups in total. The summed E-state index contributed by atoms with van der Waals surface area (Å²) in [5.74, 6) is 0.597. The van der Waals surface area contributed by atoms with Crippen molar-refractivity contribution in [3.63, 3.8) is 0 Å². The number of methoxy groups -OCH3 is 1. The average molecular weight is 165 g/mol. The maximum absolute atomic E-state index is 8.80. The van der Waals surface area contributed by atoms with Crippen LogP contribution in [0, 0.1) is 5.39 Å². The van der Waals surface area contributed by atoms with E-state index in [0.29, 0.717) is 17.0 Å². The Morgan fingerprint density at radius 2 is 2.33 bits per heavy atom. The predicted molar refractivity (Wildman–Crippen MR) is 43.7 cm³/mol. The van der Waals surface area contributed by atoms with Crippen molar-refractivity contribution in [3.8, 4) is 5.75 Å². The highest BCUT2D eigenvalue weighted by Crippen LogP contribution is 2.24. The molecule has 0 heterocycles. The van der Waals surface area contributed by atoms with Gasteiger partial charge >= 0.3 is 5.69 Å². The summed E-state index contributed by atoms with van der Waals surface area (Å²) >= 11 is 0. The van der Waals surface area contributed by atoms with Gasteiger partial charge in [-0.1, -0.05) is 0 Å². The Morgan fingerprint density at radius 1 is 1.58 bits per heavy atom. The van der Waals surface area contributed by atoms with E-state index in [-0.39, 0.29) is 6.61 Å². The highest BCUT2D eigenvalue weighted by Gasteiger charge is 2.13. The molecule has 0 saturated heterocycles. The quantitative estimate of drug-likeness (QED) is 0.678. The fraction of sp³-hybridized carbons (Fsp3) is 0.250. The molecule has 0 aliphatic heterocycles. The molecule has 62 valence electrons. The van der Waals surface area contributed by atoms with E-state index >= 15 is 0 Å². The van der Waals surface area contributed by atoms with Crippen LogP contribution in [0.15, 0.2) is 18.2 Å². The van der Waals surface area contributed by atoms with E-state index in [1.165, 1.54) is 7.11 Å². The minimum absolute atomic E-state index is 0.149. The van der Waals surface area contributed by atoms with Gasteiger partial charge in [-0.3, -0.25) is 0 Å². The van der Waals surface area contributed by atoms with Gasteiger partial charge in [0.25, 0.3) is 0 Å². The van der Waals surface area contributed by atoms with Crippen molar-refractivity contribution >= 4 is 5.69 Å². The molecule has 4 heteroatoms. The standard InChI is InChI=1S/C8H9N2O2/c1-12-7-3-2-6(5-11)8(4-7)10-9/h2-4,11H,5H2,1H3/q+1. The summed E-state index contributed by atoms with van der Waals surface area (Å²) in [4.78, 5) is 3.01. The molecule has 0 bridgehead atoms. The Balaban J connectivity index is 3.13. The number of hydrogen-bond acceptors (Lipinski definition) is 3. The zero-order chi connectivity index (χ0) is 8.97. The van der Waals surface area contributed by atoms with Crippen molar-refractivity contribution in [2.45, 2.75) is 6.61 Å². The van der Waals surface area contributed by atoms with E-state index in [0.717, 1.165) is 0 Å². The molecule has 12 heavy (non-hydrogen) atoms. The topological polar surface area (TPSA) is 57.6 Å². The highest BCUT2D eigenvalue weighted by atomic mass is 16.5. The first-order chi connectivity index (χ1) is 5.81. The van der Waals surface area contributed by atoms with Gasteiger partial charge in [0.05, 0.1) is 25.3 Å². The van der Waals surface area contributed by atoms with Crippen LogP contribution in [0.25, 0.3) is 4.98 Å². The first kappa shape index (κ1) is 8.50. The van der Waals surface area contributed by atoms with Gasteiger partial charge in [0, 0.05) is 0 Å². The normalized spacial score (nSPS) is 9.08. The molecular formula is C8H9N2O2+. The number of benzene rings is 1. The first-order valence-electron chi connectivity index (χ1n) is 3.44. The smallest absolute Gasteiger partial charge is 0.394 e. The van der Waals surface area contributed by atoms with Gasteiger partial charge in [0.2, 0.25) is 5.39 Å². The van der Waals surface area contributed by atoms with E-state index in [2.05, 4.69) is 4.98 Å². The molecule has 0 fully saturated rings. The molecule has 1 aromatic rings. The summed E-state index contributed by atoms with van der Waals surface area (Å²) in [5.41, 5.74) is 0.898. The molecule has 0 aliphatic carbocycles. The van der Waals surface area contributed by atoms with Crippen molar-refractivity contribution in [1.29, 1.82) is 5.39 Å². The zero-order valence-corrected chi connectivity index (χ0v) is 6.69. The van der Waals surface area contributed by atoms with E-state index in [1.807, 2.05) is 0 Å². The number of rotatable bonds is 2. The maximum atomic E-state index is 8.80. The van der Waals surface area contributed by atoms with Crippen LogP contribution in [0.2, 0.25) is 0 Å². The Hall–Kier alpha value is -1.60. The number of nitrogens with zero attached hydrogens (tertiary/aromatic N) is 2. The number of aliphatic hydroxyl groups is 1. The van der Waals surface area contributed by atoms with Gasteiger partial charge < -0.3 is 9.84 Å². The van der Waals surface area contributed by atoms with Crippen molar-refractivity contribution in [2.75, 3.05) is 7.11 Å². The Kier molecular flexibility index (Phi) is 2.62. The molecule has 0 unspecified atom stereocenters. The Labute approximate surface area is 70.0 Å². The van der Waals surface area contributed by atoms with Crippen molar-refractivity contribution in [3.05, 3.63) is 28.7 Å². The second kappa shape index (κ2) is 3.69. The second-order valence-corrected chi connectivity index (χ2v) is 2.25. The van der Waals surface area contributed by atoms with Crippen LogP contribution in [0.1, 0.15) is 5.56 Å². The highest BCUT2D eigenvalue weighted by molar-refractivity contribution is 5.55. The fourth-order valence-corrected chi connectivity index (χ4v) is 0.897. The van der Waals surface area contributed by atoms with Crippen molar-refractivity contribution in [1.82, 2.24) is 0 Å². The molecule has 1 rings (SSSR count). The summed E-state index contributed by atoms with van der Waals surface area (Å²) in [6.45, 7) is -0.149. The summed E-state index contributed by atoms with van der Waals surface area (Å²) in [6, 6.07) is 4.89. The van der Waals surface area contributed by atoms with E-state index in [1.54, 1.807) is 18.2 Å². The van der Waals surface area contributed by atoms with Gasteiger partial charge in [-0.05, 0) is 12.1 Å². The third-order valence-corrected chi connectivity index (χ3v) is 1.57. The Bertz CT molecular complexity index is 317. The van der Waals surface area contributed by atoms with Crippen LogP contribution in [0.5, 0.6) is 5.75 Å². The van der Waals surface area contributed by atoms with Gasteiger partial charge in [0.15, 0.2) is 4.98 Å². The van der Waals surface area contributed by atoms with Crippen LogP contribution in [0.4, 0.5) is 5.69 Å². The molecule has 1 aromatic carbocycles. The third kappa shape index (κ3) is 1.52. The number of aliphatic hydroxyl groups excluding tert-OH is 1. The molecule has 0 aliphatic rings. The number of hydrogen-bond donors (Lipinski definition) is 1. The van der Waals surface area contributed by atoms with E-state index < -0.39 is 0 Å².